The summed E-state index contributed by atoms with van der Waals surface area (Å²) in [5.74, 6) is 7.77. The van der Waals surface area contributed by atoms with Gasteiger partial charge in [-0.2, -0.15) is 0 Å². The molecule has 0 radical (unpaired) electrons. The van der Waals surface area contributed by atoms with Gasteiger partial charge in [0.1, 0.15) is 11.5 Å². The summed E-state index contributed by atoms with van der Waals surface area (Å²) in [6.45, 7) is 2.09. The summed E-state index contributed by atoms with van der Waals surface area (Å²) >= 11 is 1.49. The standard InChI is InChI=1S/C23H25N5O2S/c1-2-3-4-9-18-26-21(25-16-11-10-14-7-5-6-8-15(14)16)19-22(27-18)28(13-24-19)23-20(30)17(29)12-31-23/h5-8,13,16-17,20,23,29-30H,2-3,10-12H2,1H3,(H,25,26,27)/t16-,17+,20+,23+/m0/s1. The van der Waals surface area contributed by atoms with Crippen LogP contribution in [0.1, 0.15) is 54.6 Å². The number of imidazole rings is 1. The first-order chi connectivity index (χ1) is 15.2. The van der Waals surface area contributed by atoms with Crippen molar-refractivity contribution in [2.24, 2.45) is 0 Å². The van der Waals surface area contributed by atoms with E-state index in [2.05, 4.69) is 58.3 Å². The number of hydrogen-bond acceptors (Lipinski definition) is 7. The second kappa shape index (κ2) is 8.50. The molecule has 4 atom stereocenters. The predicted molar refractivity (Wildman–Crippen MR) is 122 cm³/mol. The summed E-state index contributed by atoms with van der Waals surface area (Å²) in [7, 11) is 0. The summed E-state index contributed by atoms with van der Waals surface area (Å²) < 4.78 is 1.83. The molecule has 3 aromatic rings. The van der Waals surface area contributed by atoms with Gasteiger partial charge in [0.25, 0.3) is 0 Å². The maximum absolute atomic E-state index is 10.4. The van der Waals surface area contributed by atoms with E-state index < -0.39 is 12.2 Å². The van der Waals surface area contributed by atoms with Crippen LogP contribution < -0.4 is 5.32 Å². The van der Waals surface area contributed by atoms with Crippen LogP contribution in [0.15, 0.2) is 30.6 Å². The molecule has 1 aliphatic heterocycles. The molecule has 0 spiro atoms. The lowest BCUT2D eigenvalue weighted by Gasteiger charge is -2.18. The Kier molecular flexibility index (Phi) is 5.57. The molecule has 0 bridgehead atoms. The molecule has 2 aromatic heterocycles. The average Bonchev–Trinajstić information content (AvgIpc) is 3.47. The van der Waals surface area contributed by atoms with Crippen molar-refractivity contribution in [2.75, 3.05) is 11.1 Å². The number of nitrogens with zero attached hydrogens (tertiary/aromatic N) is 4. The van der Waals surface area contributed by atoms with Gasteiger partial charge in [-0.05, 0) is 36.3 Å². The van der Waals surface area contributed by atoms with E-state index in [1.54, 1.807) is 6.33 Å². The maximum Gasteiger partial charge on any atom is 0.208 e. The number of benzene rings is 1. The van der Waals surface area contributed by atoms with Crippen LogP contribution in [0.25, 0.3) is 11.2 Å². The lowest BCUT2D eigenvalue weighted by molar-refractivity contribution is 0.0313. The molecule has 7 nitrogen and oxygen atoms in total. The van der Waals surface area contributed by atoms with Gasteiger partial charge in [0.15, 0.2) is 17.0 Å². The van der Waals surface area contributed by atoms with Crippen molar-refractivity contribution in [3.05, 3.63) is 47.5 Å². The number of aliphatic hydroxyl groups is 2. The van der Waals surface area contributed by atoms with Crippen LogP contribution in [-0.4, -0.2) is 47.7 Å². The van der Waals surface area contributed by atoms with E-state index in [0.29, 0.717) is 28.6 Å². The first kappa shape index (κ1) is 20.3. The van der Waals surface area contributed by atoms with Gasteiger partial charge in [0.2, 0.25) is 5.82 Å². The smallest absolute Gasteiger partial charge is 0.208 e. The number of hydrogen-bond donors (Lipinski definition) is 3. The highest BCUT2D eigenvalue weighted by Gasteiger charge is 2.36. The van der Waals surface area contributed by atoms with Crippen LogP contribution in [0.3, 0.4) is 0 Å². The Morgan fingerprint density at radius 1 is 1.26 bits per heavy atom. The normalized spacial score (nSPS) is 24.7. The van der Waals surface area contributed by atoms with Gasteiger partial charge in [0, 0.05) is 12.2 Å². The molecule has 0 saturated carbocycles. The van der Waals surface area contributed by atoms with E-state index in [1.807, 2.05) is 4.57 Å². The van der Waals surface area contributed by atoms with Gasteiger partial charge in [-0.25, -0.2) is 15.0 Å². The van der Waals surface area contributed by atoms with Crippen molar-refractivity contribution in [3.63, 3.8) is 0 Å². The predicted octanol–water partition coefficient (Wildman–Crippen LogP) is 3.04. The Labute approximate surface area is 185 Å². The molecule has 0 unspecified atom stereocenters. The molecular formula is C23H25N5O2S. The highest BCUT2D eigenvalue weighted by Crippen LogP contribution is 2.39. The lowest BCUT2D eigenvalue weighted by Crippen LogP contribution is -2.27. The van der Waals surface area contributed by atoms with Gasteiger partial charge < -0.3 is 15.5 Å². The molecule has 1 fully saturated rings. The minimum absolute atomic E-state index is 0.157. The average molecular weight is 436 g/mol. The number of rotatable bonds is 4. The number of nitrogens with one attached hydrogen (secondary N) is 1. The van der Waals surface area contributed by atoms with Crippen LogP contribution in [0, 0.1) is 11.8 Å². The van der Waals surface area contributed by atoms with Gasteiger partial charge in [-0.15, -0.1) is 11.8 Å². The number of unbranched alkanes of at least 4 members (excludes halogenated alkanes) is 1. The third-order valence-electron chi connectivity index (χ3n) is 5.84. The molecule has 1 aliphatic carbocycles. The number of aromatic nitrogens is 4. The molecule has 3 N–H and O–H groups in total. The number of aryl methyl sites for hydroxylation is 1. The second-order valence-electron chi connectivity index (χ2n) is 7.99. The molecule has 31 heavy (non-hydrogen) atoms. The van der Waals surface area contributed by atoms with E-state index in [-0.39, 0.29) is 11.4 Å². The third kappa shape index (κ3) is 3.78. The third-order valence-corrected chi connectivity index (χ3v) is 7.22. The molecule has 1 aromatic carbocycles. The Balaban J connectivity index is 1.56. The fourth-order valence-electron chi connectivity index (χ4n) is 4.23. The van der Waals surface area contributed by atoms with Gasteiger partial charge in [0.05, 0.1) is 18.5 Å². The number of anilines is 1. The summed E-state index contributed by atoms with van der Waals surface area (Å²) in [6.07, 6.45) is 3.82. The molecule has 0 amide bonds. The zero-order valence-corrected chi connectivity index (χ0v) is 18.1. The Morgan fingerprint density at radius 3 is 2.94 bits per heavy atom. The van der Waals surface area contributed by atoms with Crippen molar-refractivity contribution >= 4 is 28.7 Å². The summed E-state index contributed by atoms with van der Waals surface area (Å²) in [4.78, 5) is 13.9. The molecule has 3 heterocycles. The molecular weight excluding hydrogens is 410 g/mol. The summed E-state index contributed by atoms with van der Waals surface area (Å²) in [5.41, 5.74) is 3.92. The fourth-order valence-corrected chi connectivity index (χ4v) is 5.51. The zero-order valence-electron chi connectivity index (χ0n) is 17.3. The highest BCUT2D eigenvalue weighted by atomic mass is 32.2. The first-order valence-electron chi connectivity index (χ1n) is 10.7. The van der Waals surface area contributed by atoms with E-state index in [1.165, 1.54) is 22.9 Å². The maximum atomic E-state index is 10.4. The largest absolute Gasteiger partial charge is 0.389 e. The van der Waals surface area contributed by atoms with Crippen LogP contribution in [0.5, 0.6) is 0 Å². The van der Waals surface area contributed by atoms with E-state index in [4.69, 9.17) is 4.98 Å². The number of thioether (sulfide) groups is 1. The van der Waals surface area contributed by atoms with Gasteiger partial charge in [-0.1, -0.05) is 37.1 Å². The highest BCUT2D eigenvalue weighted by molar-refractivity contribution is 7.99. The van der Waals surface area contributed by atoms with Crippen molar-refractivity contribution in [2.45, 2.75) is 56.2 Å². The van der Waals surface area contributed by atoms with Crippen LogP contribution in [0.4, 0.5) is 5.82 Å². The fraction of sp³-hybridized carbons (Fsp3) is 0.435. The zero-order chi connectivity index (χ0) is 21.4. The van der Waals surface area contributed by atoms with Crippen molar-refractivity contribution in [3.8, 4) is 11.8 Å². The number of fused-ring (bicyclic) bond motifs is 2. The quantitative estimate of drug-likeness (QED) is 0.542. The summed E-state index contributed by atoms with van der Waals surface area (Å²) in [5, 5.41) is 23.7. The Morgan fingerprint density at radius 2 is 2.13 bits per heavy atom. The second-order valence-corrected chi connectivity index (χ2v) is 9.14. The Bertz CT molecular complexity index is 1170. The number of aliphatic hydroxyl groups excluding tert-OH is 2. The molecule has 160 valence electrons. The van der Waals surface area contributed by atoms with E-state index in [0.717, 1.165) is 25.7 Å². The molecule has 1 saturated heterocycles. The summed E-state index contributed by atoms with van der Waals surface area (Å²) in [6, 6.07) is 8.63. The SMILES string of the molecule is CCCC#Cc1nc(N[C@H]2CCc3ccccc32)c2ncn([C@@H]3SC[C@@H](O)[C@H]3O)c2n1. The topological polar surface area (TPSA) is 96.1 Å². The van der Waals surface area contributed by atoms with Crippen LogP contribution in [0.2, 0.25) is 0 Å². The minimum atomic E-state index is -0.870. The van der Waals surface area contributed by atoms with Gasteiger partial charge in [-0.3, -0.25) is 4.57 Å². The van der Waals surface area contributed by atoms with Crippen LogP contribution >= 0.6 is 11.8 Å². The first-order valence-corrected chi connectivity index (χ1v) is 11.8. The Hall–Kier alpha value is -2.60. The van der Waals surface area contributed by atoms with Crippen LogP contribution in [-0.2, 0) is 6.42 Å². The minimum Gasteiger partial charge on any atom is -0.389 e. The molecule has 2 aliphatic rings. The van der Waals surface area contributed by atoms with Crippen molar-refractivity contribution in [1.82, 2.24) is 19.5 Å². The van der Waals surface area contributed by atoms with Crippen molar-refractivity contribution < 1.29 is 10.2 Å². The van der Waals surface area contributed by atoms with E-state index >= 15 is 0 Å². The van der Waals surface area contributed by atoms with Crippen molar-refractivity contribution in [1.29, 1.82) is 0 Å². The van der Waals surface area contributed by atoms with E-state index in [9.17, 15) is 10.2 Å². The lowest BCUT2D eigenvalue weighted by atomic mass is 10.1. The monoisotopic (exact) mass is 435 g/mol. The van der Waals surface area contributed by atoms with Gasteiger partial charge >= 0.3 is 0 Å². The molecule has 5 rings (SSSR count). The molecule has 8 heteroatoms.